The van der Waals surface area contributed by atoms with Gasteiger partial charge in [0.05, 0.1) is 0 Å². The first kappa shape index (κ1) is 17.8. The van der Waals surface area contributed by atoms with Crippen LogP contribution >= 0.6 is 0 Å². The van der Waals surface area contributed by atoms with Crippen LogP contribution in [0.1, 0.15) is 42.0 Å². The third-order valence-corrected chi connectivity index (χ3v) is 5.22. The van der Waals surface area contributed by atoms with E-state index in [1.54, 1.807) is 0 Å². The maximum absolute atomic E-state index is 10.4. The smallest absolute Gasteiger partial charge is 0.120 e. The van der Waals surface area contributed by atoms with Crippen molar-refractivity contribution in [2.24, 2.45) is 0 Å². The molecule has 1 N–H and O–H groups in total. The predicted octanol–water partition coefficient (Wildman–Crippen LogP) is 4.45. The summed E-state index contributed by atoms with van der Waals surface area (Å²) in [6.45, 7) is 13.6. The van der Waals surface area contributed by atoms with E-state index in [4.69, 9.17) is 0 Å². The number of rotatable bonds is 4. The van der Waals surface area contributed by atoms with Gasteiger partial charge in [0.25, 0.3) is 0 Å². The zero-order chi connectivity index (χ0) is 18.0. The third-order valence-electron chi connectivity index (χ3n) is 5.22. The molecule has 0 aliphatic carbocycles. The number of hydrogen-bond acceptors (Lipinski definition) is 3. The molecule has 0 amide bonds. The maximum atomic E-state index is 10.4. The van der Waals surface area contributed by atoms with Crippen LogP contribution < -0.4 is 4.90 Å². The molecule has 3 nitrogen and oxygen atoms in total. The SMILES string of the molecule is Cc1cccc(N2CCN(Cc3cc(C(C)C)c(C)cc3O)CC2)c1. The standard InChI is InChI=1S/C22H30N2O/c1-16(2)21-14-19(22(25)13-18(21)4)15-23-8-10-24(11-9-23)20-7-5-6-17(3)12-20/h5-7,12-14,16,25H,8-11,15H2,1-4H3. The molecule has 2 aromatic rings. The van der Waals surface area contributed by atoms with Crippen molar-refractivity contribution in [3.05, 3.63) is 58.7 Å². The zero-order valence-corrected chi connectivity index (χ0v) is 15.9. The van der Waals surface area contributed by atoms with E-state index in [-0.39, 0.29) is 0 Å². The van der Waals surface area contributed by atoms with Gasteiger partial charge in [-0.3, -0.25) is 4.90 Å². The molecular formula is C22H30N2O. The number of anilines is 1. The van der Waals surface area contributed by atoms with Crippen LogP contribution in [0.15, 0.2) is 36.4 Å². The summed E-state index contributed by atoms with van der Waals surface area (Å²) in [6.07, 6.45) is 0. The minimum Gasteiger partial charge on any atom is -0.508 e. The van der Waals surface area contributed by atoms with E-state index >= 15 is 0 Å². The van der Waals surface area contributed by atoms with Crippen LogP contribution in [0.25, 0.3) is 0 Å². The van der Waals surface area contributed by atoms with Crippen LogP contribution in [-0.4, -0.2) is 36.2 Å². The average Bonchev–Trinajstić information content (AvgIpc) is 2.57. The molecule has 0 aromatic heterocycles. The highest BCUT2D eigenvalue weighted by Gasteiger charge is 2.19. The molecule has 0 radical (unpaired) electrons. The van der Waals surface area contributed by atoms with Gasteiger partial charge < -0.3 is 10.0 Å². The Morgan fingerprint density at radius 3 is 2.36 bits per heavy atom. The van der Waals surface area contributed by atoms with Crippen LogP contribution in [0.2, 0.25) is 0 Å². The summed E-state index contributed by atoms with van der Waals surface area (Å²) in [5, 5.41) is 10.4. The summed E-state index contributed by atoms with van der Waals surface area (Å²) in [6, 6.07) is 12.9. The molecule has 0 bridgehead atoms. The molecule has 1 heterocycles. The van der Waals surface area contributed by atoms with Crippen LogP contribution in [-0.2, 0) is 6.54 Å². The Hall–Kier alpha value is -2.00. The van der Waals surface area contributed by atoms with Crippen molar-refractivity contribution in [3.63, 3.8) is 0 Å². The van der Waals surface area contributed by atoms with Crippen molar-refractivity contribution < 1.29 is 5.11 Å². The maximum Gasteiger partial charge on any atom is 0.120 e. The molecule has 0 unspecified atom stereocenters. The molecule has 25 heavy (non-hydrogen) atoms. The van der Waals surface area contributed by atoms with Gasteiger partial charge in [-0.25, -0.2) is 0 Å². The van der Waals surface area contributed by atoms with Gasteiger partial charge in [-0.05, 0) is 54.7 Å². The van der Waals surface area contributed by atoms with Gasteiger partial charge in [0.1, 0.15) is 5.75 Å². The second-order valence-corrected chi connectivity index (χ2v) is 7.59. The van der Waals surface area contributed by atoms with Gasteiger partial charge >= 0.3 is 0 Å². The van der Waals surface area contributed by atoms with E-state index in [2.05, 4.69) is 67.8 Å². The van der Waals surface area contributed by atoms with Gasteiger partial charge in [0, 0.05) is 44.0 Å². The van der Waals surface area contributed by atoms with Crippen LogP contribution in [0.5, 0.6) is 5.75 Å². The lowest BCUT2D eigenvalue weighted by Gasteiger charge is -2.36. The van der Waals surface area contributed by atoms with Gasteiger partial charge in [0.15, 0.2) is 0 Å². The molecule has 134 valence electrons. The van der Waals surface area contributed by atoms with Crippen LogP contribution in [0, 0.1) is 13.8 Å². The number of hydrogen-bond donors (Lipinski definition) is 1. The Bertz CT molecular complexity index is 731. The summed E-state index contributed by atoms with van der Waals surface area (Å²) in [5.74, 6) is 0.917. The van der Waals surface area contributed by atoms with Crippen molar-refractivity contribution in [1.82, 2.24) is 4.90 Å². The van der Waals surface area contributed by atoms with Crippen molar-refractivity contribution in [2.75, 3.05) is 31.1 Å². The normalized spacial score (nSPS) is 15.8. The molecule has 0 saturated carbocycles. The Morgan fingerprint density at radius 2 is 1.72 bits per heavy atom. The fraction of sp³-hybridized carbons (Fsp3) is 0.455. The Balaban J connectivity index is 1.65. The third kappa shape index (κ3) is 4.16. The number of aryl methyl sites for hydroxylation is 2. The number of nitrogens with zero attached hydrogens (tertiary/aromatic N) is 2. The zero-order valence-electron chi connectivity index (χ0n) is 15.9. The van der Waals surface area contributed by atoms with E-state index in [0.717, 1.165) is 38.3 Å². The number of aromatic hydroxyl groups is 1. The summed E-state index contributed by atoms with van der Waals surface area (Å²) in [5.41, 5.74) is 6.20. The number of phenolic OH excluding ortho intramolecular Hbond substituents is 1. The highest BCUT2D eigenvalue weighted by atomic mass is 16.3. The molecular weight excluding hydrogens is 308 g/mol. The van der Waals surface area contributed by atoms with Crippen LogP contribution in [0.4, 0.5) is 5.69 Å². The highest BCUT2D eigenvalue weighted by Crippen LogP contribution is 2.28. The molecule has 2 aromatic carbocycles. The predicted molar refractivity (Wildman–Crippen MR) is 106 cm³/mol. The largest absolute Gasteiger partial charge is 0.508 e. The Morgan fingerprint density at radius 1 is 1.00 bits per heavy atom. The molecule has 1 fully saturated rings. The summed E-state index contributed by atoms with van der Waals surface area (Å²) < 4.78 is 0. The highest BCUT2D eigenvalue weighted by molar-refractivity contribution is 5.49. The summed E-state index contributed by atoms with van der Waals surface area (Å²) in [4.78, 5) is 4.90. The Kier molecular flexibility index (Phi) is 5.33. The van der Waals surface area contributed by atoms with Gasteiger partial charge in [-0.15, -0.1) is 0 Å². The Labute approximate surface area is 151 Å². The molecule has 0 atom stereocenters. The van der Waals surface area contributed by atoms with Gasteiger partial charge in [0.2, 0.25) is 0 Å². The topological polar surface area (TPSA) is 26.7 Å². The average molecular weight is 338 g/mol. The minimum atomic E-state index is 0.433. The number of phenols is 1. The van der Waals surface area contributed by atoms with Crippen molar-refractivity contribution in [1.29, 1.82) is 0 Å². The van der Waals surface area contributed by atoms with E-state index < -0.39 is 0 Å². The fourth-order valence-electron chi connectivity index (χ4n) is 3.73. The molecule has 3 heteroatoms. The molecule has 0 spiro atoms. The lowest BCUT2D eigenvalue weighted by Crippen LogP contribution is -2.46. The summed E-state index contributed by atoms with van der Waals surface area (Å²) >= 11 is 0. The van der Waals surface area contributed by atoms with Crippen molar-refractivity contribution >= 4 is 5.69 Å². The first-order valence-corrected chi connectivity index (χ1v) is 9.30. The molecule has 1 saturated heterocycles. The summed E-state index contributed by atoms with van der Waals surface area (Å²) in [7, 11) is 0. The lowest BCUT2D eigenvalue weighted by molar-refractivity contribution is 0.246. The second kappa shape index (κ2) is 7.49. The van der Waals surface area contributed by atoms with Crippen molar-refractivity contribution in [2.45, 2.75) is 40.2 Å². The van der Waals surface area contributed by atoms with E-state index in [0.29, 0.717) is 11.7 Å². The first-order valence-electron chi connectivity index (χ1n) is 9.30. The quantitative estimate of drug-likeness (QED) is 0.892. The van der Waals surface area contributed by atoms with Gasteiger partial charge in [-0.1, -0.05) is 32.0 Å². The second-order valence-electron chi connectivity index (χ2n) is 7.59. The lowest BCUT2D eigenvalue weighted by atomic mass is 9.95. The van der Waals surface area contributed by atoms with Gasteiger partial charge in [-0.2, -0.15) is 0 Å². The van der Waals surface area contributed by atoms with E-state index in [1.165, 1.54) is 22.4 Å². The fourth-order valence-corrected chi connectivity index (χ4v) is 3.73. The van der Waals surface area contributed by atoms with E-state index in [9.17, 15) is 5.11 Å². The van der Waals surface area contributed by atoms with Crippen molar-refractivity contribution in [3.8, 4) is 5.75 Å². The van der Waals surface area contributed by atoms with Crippen LogP contribution in [0.3, 0.4) is 0 Å². The minimum absolute atomic E-state index is 0.433. The number of benzene rings is 2. The molecule has 1 aliphatic heterocycles. The molecule has 3 rings (SSSR count). The van der Waals surface area contributed by atoms with E-state index in [1.807, 2.05) is 6.07 Å². The monoisotopic (exact) mass is 338 g/mol. The number of piperazine rings is 1. The molecule has 1 aliphatic rings. The first-order chi connectivity index (χ1) is 11.9.